The van der Waals surface area contributed by atoms with Crippen LogP contribution in [0, 0.1) is 33.7 Å². The number of amides is 1. The van der Waals surface area contributed by atoms with Crippen LogP contribution in [0.25, 0.3) is 0 Å². The van der Waals surface area contributed by atoms with E-state index in [4.69, 9.17) is 23.8 Å². The standard InChI is InChI=1S/C44H52FN3O10/c1-4-23-56-44-40(47(43(51)55-5-2)28-29-15-17-31(45)18-16-29)27-38(46-54-3)36-24-30(11-6-8-21-49)35(14-7-9-22-50)41(42(36)44)37-26-34(19-20-39(37)58-44)57-33-13-10-12-32(25-33)48(52)53/h4,10,12-13,15-20,24-26,30,35,40-42,49-50H,1,5-9,11,14,21-23,27-28H2,2-3H3/t30-,35+,40-,41+,42+,44+/m0/s1. The second-order valence-electron chi connectivity index (χ2n) is 14.8. The Bertz CT molecular complexity index is 1970. The topological polar surface area (TPSA) is 162 Å². The average Bonchev–Trinajstić information content (AvgIpc) is 3.22. The fraction of sp³-hybridized carbons (Fsp3) is 0.455. The maximum absolute atomic E-state index is 14.2. The van der Waals surface area contributed by atoms with E-state index in [1.54, 1.807) is 54.3 Å². The predicted molar refractivity (Wildman–Crippen MR) is 214 cm³/mol. The van der Waals surface area contributed by atoms with E-state index in [1.807, 2.05) is 6.07 Å². The molecule has 0 bridgehead atoms. The van der Waals surface area contributed by atoms with Gasteiger partial charge in [-0.1, -0.05) is 48.3 Å². The average molecular weight is 802 g/mol. The van der Waals surface area contributed by atoms with Crippen LogP contribution in [-0.2, 0) is 20.9 Å². The van der Waals surface area contributed by atoms with Crippen molar-refractivity contribution in [2.45, 2.75) is 76.2 Å². The molecule has 13 nitrogen and oxygen atoms in total. The highest BCUT2D eigenvalue weighted by Crippen LogP contribution is 2.62. The van der Waals surface area contributed by atoms with Crippen molar-refractivity contribution in [3.05, 3.63) is 118 Å². The number of halogens is 1. The minimum Gasteiger partial charge on any atom is -0.459 e. The van der Waals surface area contributed by atoms with Crippen LogP contribution in [0.3, 0.4) is 0 Å². The van der Waals surface area contributed by atoms with Crippen molar-refractivity contribution >= 4 is 17.5 Å². The number of ether oxygens (including phenoxy) is 4. The van der Waals surface area contributed by atoms with E-state index in [2.05, 4.69) is 17.8 Å². The van der Waals surface area contributed by atoms with Gasteiger partial charge in [0, 0.05) is 43.7 Å². The molecule has 3 aromatic rings. The van der Waals surface area contributed by atoms with Crippen molar-refractivity contribution < 1.29 is 48.1 Å². The molecular formula is C44H52FN3O10. The summed E-state index contributed by atoms with van der Waals surface area (Å²) in [6.45, 7) is 5.98. The second-order valence-corrected chi connectivity index (χ2v) is 14.8. The van der Waals surface area contributed by atoms with Crippen LogP contribution in [0.1, 0.15) is 68.9 Å². The number of hydrogen-bond acceptors (Lipinski definition) is 11. The summed E-state index contributed by atoms with van der Waals surface area (Å²) in [5.41, 5.74) is 2.82. The van der Waals surface area contributed by atoms with E-state index in [0.29, 0.717) is 41.4 Å². The number of nitrogens with zero attached hydrogens (tertiary/aromatic N) is 3. The Morgan fingerprint density at radius 1 is 1.07 bits per heavy atom. The van der Waals surface area contributed by atoms with E-state index in [-0.39, 0.29) is 62.8 Å². The number of hydrogen-bond donors (Lipinski definition) is 2. The number of oxime groups is 1. The van der Waals surface area contributed by atoms with Crippen molar-refractivity contribution in [3.63, 3.8) is 0 Å². The number of carbonyl (C=O) groups excluding carboxylic acids is 1. The fourth-order valence-corrected chi connectivity index (χ4v) is 8.91. The Labute approximate surface area is 337 Å². The van der Waals surface area contributed by atoms with Gasteiger partial charge in [0.05, 0.1) is 35.8 Å². The summed E-state index contributed by atoms with van der Waals surface area (Å²) in [5, 5.41) is 35.8. The molecule has 1 amide bonds. The van der Waals surface area contributed by atoms with Gasteiger partial charge in [-0.15, -0.1) is 6.58 Å². The van der Waals surface area contributed by atoms with Crippen LogP contribution in [0.15, 0.2) is 96.2 Å². The molecule has 0 aromatic heterocycles. The molecule has 6 atom stereocenters. The number of unbranched alkanes of at least 4 members (excludes halogenated alkanes) is 2. The maximum Gasteiger partial charge on any atom is 0.410 e. The first-order valence-corrected chi connectivity index (χ1v) is 19.9. The summed E-state index contributed by atoms with van der Waals surface area (Å²) in [4.78, 5) is 32.4. The molecule has 3 aromatic carbocycles. The number of benzene rings is 3. The van der Waals surface area contributed by atoms with Crippen molar-refractivity contribution in [3.8, 4) is 17.2 Å². The highest BCUT2D eigenvalue weighted by molar-refractivity contribution is 6.03. The van der Waals surface area contributed by atoms with Gasteiger partial charge in [0.25, 0.3) is 5.69 Å². The van der Waals surface area contributed by atoms with E-state index < -0.39 is 34.6 Å². The molecule has 6 rings (SSSR count). The first-order valence-electron chi connectivity index (χ1n) is 19.9. The van der Waals surface area contributed by atoms with E-state index in [1.165, 1.54) is 31.4 Å². The summed E-state index contributed by atoms with van der Waals surface area (Å²) in [5.74, 6) is -1.68. The van der Waals surface area contributed by atoms with Crippen LogP contribution in [-0.4, -0.2) is 77.2 Å². The highest BCUT2D eigenvalue weighted by Gasteiger charge is 2.65. The Balaban J connectivity index is 1.58. The first kappa shape index (κ1) is 42.3. The molecule has 0 radical (unpaired) electrons. The third-order valence-corrected chi connectivity index (χ3v) is 11.3. The number of aliphatic hydroxyl groups is 2. The SMILES string of the molecule is C=CCO[C@@]12Oc3ccc(Oc4cccc([N+](=O)[O-])c4)cc3[C@H]3[C@H](CCCCO)[C@@H](CCCCO)C=C(C(=NOC)C[C@@H]1N(Cc1ccc(F)cc1)C(=O)OCC)[C@H]32. The quantitative estimate of drug-likeness (QED) is 0.0521. The lowest BCUT2D eigenvalue weighted by Gasteiger charge is -2.59. The van der Waals surface area contributed by atoms with Crippen LogP contribution in [0.5, 0.6) is 17.2 Å². The van der Waals surface area contributed by atoms with Gasteiger partial charge in [-0.25, -0.2) is 9.18 Å². The van der Waals surface area contributed by atoms with Crippen molar-refractivity contribution in [2.75, 3.05) is 33.5 Å². The normalized spacial score (nSPS) is 23.8. The van der Waals surface area contributed by atoms with Gasteiger partial charge in [0.15, 0.2) is 0 Å². The van der Waals surface area contributed by atoms with E-state index in [9.17, 15) is 29.5 Å². The summed E-state index contributed by atoms with van der Waals surface area (Å²) in [6.07, 6.45) is 7.61. The lowest BCUT2D eigenvalue weighted by atomic mass is 9.55. The lowest BCUT2D eigenvalue weighted by Crippen LogP contribution is -2.70. The Morgan fingerprint density at radius 3 is 2.50 bits per heavy atom. The number of fused-ring (bicyclic) bond motifs is 2. The van der Waals surface area contributed by atoms with Gasteiger partial charge in [-0.05, 0) is 92.0 Å². The smallest absolute Gasteiger partial charge is 0.410 e. The van der Waals surface area contributed by atoms with Crippen molar-refractivity contribution in [1.29, 1.82) is 0 Å². The Kier molecular flexibility index (Phi) is 14.2. The van der Waals surface area contributed by atoms with Crippen LogP contribution >= 0.6 is 0 Å². The lowest BCUT2D eigenvalue weighted by molar-refractivity contribution is -0.384. The molecule has 3 aliphatic rings. The zero-order valence-corrected chi connectivity index (χ0v) is 33.0. The van der Waals surface area contributed by atoms with Crippen molar-refractivity contribution in [1.82, 2.24) is 4.90 Å². The van der Waals surface area contributed by atoms with Gasteiger partial charge in [0.1, 0.15) is 36.2 Å². The zero-order valence-electron chi connectivity index (χ0n) is 33.0. The van der Waals surface area contributed by atoms with Crippen molar-refractivity contribution in [2.24, 2.45) is 22.9 Å². The largest absolute Gasteiger partial charge is 0.459 e. The van der Waals surface area contributed by atoms with Gasteiger partial charge in [0.2, 0.25) is 5.79 Å². The summed E-state index contributed by atoms with van der Waals surface area (Å²) < 4.78 is 40.2. The Morgan fingerprint density at radius 2 is 1.81 bits per heavy atom. The Hall–Kier alpha value is -5.31. The third kappa shape index (κ3) is 9.04. The minimum absolute atomic E-state index is 0.00451. The van der Waals surface area contributed by atoms with Crippen LogP contribution < -0.4 is 9.47 Å². The molecule has 58 heavy (non-hydrogen) atoms. The molecule has 2 aliphatic carbocycles. The molecule has 0 spiro atoms. The summed E-state index contributed by atoms with van der Waals surface area (Å²) in [7, 11) is 1.47. The van der Waals surface area contributed by atoms with E-state index in [0.717, 1.165) is 36.8 Å². The number of non-ortho nitro benzene ring substituents is 1. The predicted octanol–water partition coefficient (Wildman–Crippen LogP) is 8.45. The highest BCUT2D eigenvalue weighted by atomic mass is 19.1. The summed E-state index contributed by atoms with van der Waals surface area (Å²) in [6, 6.07) is 16.5. The molecule has 1 saturated carbocycles. The molecule has 1 heterocycles. The summed E-state index contributed by atoms with van der Waals surface area (Å²) >= 11 is 0. The molecule has 0 unspecified atom stereocenters. The first-order chi connectivity index (χ1) is 28.2. The van der Waals surface area contributed by atoms with Crippen LogP contribution in [0.4, 0.5) is 14.9 Å². The third-order valence-electron chi connectivity index (χ3n) is 11.3. The molecular weight excluding hydrogens is 749 g/mol. The molecule has 0 saturated heterocycles. The van der Waals surface area contributed by atoms with Gasteiger partial charge in [-0.2, -0.15) is 0 Å². The molecule has 310 valence electrons. The van der Waals surface area contributed by atoms with Gasteiger partial charge in [-0.3, -0.25) is 15.0 Å². The second kappa shape index (κ2) is 19.4. The maximum atomic E-state index is 14.2. The molecule has 1 aliphatic heterocycles. The fourth-order valence-electron chi connectivity index (χ4n) is 8.91. The number of aliphatic hydroxyl groups excluding tert-OH is 2. The van der Waals surface area contributed by atoms with Crippen LogP contribution in [0.2, 0.25) is 0 Å². The number of nitro groups is 1. The molecule has 2 N–H and O–H groups in total. The number of rotatable bonds is 19. The van der Waals surface area contributed by atoms with E-state index >= 15 is 0 Å². The minimum atomic E-state index is -1.54. The van der Waals surface area contributed by atoms with Gasteiger partial charge >= 0.3 is 6.09 Å². The molecule has 1 fully saturated rings. The van der Waals surface area contributed by atoms with Gasteiger partial charge < -0.3 is 34.0 Å². The monoisotopic (exact) mass is 801 g/mol. The molecule has 14 heteroatoms. The number of carbonyl (C=O) groups is 1. The number of nitro benzene ring substituents is 1. The zero-order chi connectivity index (χ0) is 41.2. The number of allylic oxidation sites excluding steroid dienone is 1.